The second-order valence-corrected chi connectivity index (χ2v) is 13.7. The number of benzene rings is 1. The fraction of sp³-hybridized carbons (Fsp3) is 0.600. The molecule has 0 radical (unpaired) electrons. The van der Waals surface area contributed by atoms with E-state index in [0.717, 1.165) is 12.1 Å². The van der Waals surface area contributed by atoms with Gasteiger partial charge in [-0.3, -0.25) is 4.79 Å². The van der Waals surface area contributed by atoms with Crippen LogP contribution >= 0.6 is 0 Å². The normalized spacial score (nSPS) is 14.3. The Balaban J connectivity index is 2.90. The maximum atomic E-state index is 14.2. The Bertz CT molecular complexity index is 1410. The van der Waals surface area contributed by atoms with Crippen LogP contribution in [0.5, 0.6) is 5.75 Å². The topological polar surface area (TPSA) is 176 Å². The average Bonchev–Trinajstić information content (AvgIpc) is 2.83. The molecule has 0 aliphatic rings. The highest BCUT2D eigenvalue weighted by atomic mass is 32.3. The summed E-state index contributed by atoms with van der Waals surface area (Å²) >= 11 is 0. The van der Waals surface area contributed by atoms with Gasteiger partial charge in [0.2, 0.25) is 10.0 Å². The molecule has 1 aromatic carbocycles. The van der Waals surface area contributed by atoms with Crippen molar-refractivity contribution in [1.29, 1.82) is 0 Å². The van der Waals surface area contributed by atoms with Gasteiger partial charge in [0.1, 0.15) is 5.75 Å². The maximum Gasteiger partial charge on any atom is 0.450 e. The van der Waals surface area contributed by atoms with Crippen molar-refractivity contribution in [1.82, 2.24) is 4.13 Å². The van der Waals surface area contributed by atoms with Crippen LogP contribution in [0.1, 0.15) is 43.5 Å². The van der Waals surface area contributed by atoms with E-state index in [9.17, 15) is 61.2 Å². The Morgan fingerprint density at radius 3 is 1.80 bits per heavy atom. The standard InChI is InChI=1S/C20H25F6NO11S3/c1-4-13(2)16(28)36-11-5-6-12-37-17(29)14-7-9-15(10-8-14)38-41(34,35)20(25,26)18(21,22)19(23,24)40(32,33)27-39(3,30)31/h7-10,13,27H,4-6,11-12H2,1-3H3. The van der Waals surface area contributed by atoms with Gasteiger partial charge in [-0.2, -0.15) is 34.8 Å². The van der Waals surface area contributed by atoms with Gasteiger partial charge >= 0.3 is 38.5 Å². The zero-order chi connectivity index (χ0) is 32.1. The lowest BCUT2D eigenvalue weighted by atomic mass is 10.1. The fourth-order valence-electron chi connectivity index (χ4n) is 2.51. The predicted octanol–water partition coefficient (Wildman–Crippen LogP) is 2.62. The van der Waals surface area contributed by atoms with Gasteiger partial charge in [0.15, 0.2) is 0 Å². The van der Waals surface area contributed by atoms with Gasteiger partial charge in [-0.1, -0.05) is 13.8 Å². The predicted molar refractivity (Wildman–Crippen MR) is 128 cm³/mol. The third-order valence-electron chi connectivity index (χ3n) is 4.97. The molecule has 0 saturated heterocycles. The molecule has 21 heteroatoms. The molecule has 0 spiro atoms. The molecule has 1 aromatic rings. The monoisotopic (exact) mass is 665 g/mol. The van der Waals surface area contributed by atoms with Crippen molar-refractivity contribution in [3.63, 3.8) is 0 Å². The van der Waals surface area contributed by atoms with E-state index in [1.807, 2.05) is 0 Å². The van der Waals surface area contributed by atoms with Crippen LogP contribution in [0.2, 0.25) is 0 Å². The molecular formula is C20H25F6NO11S3. The molecule has 0 amide bonds. The lowest BCUT2D eigenvalue weighted by molar-refractivity contribution is -0.245. The van der Waals surface area contributed by atoms with Gasteiger partial charge in [-0.05, 0) is 43.5 Å². The summed E-state index contributed by atoms with van der Waals surface area (Å²) < 4.78 is 166. The number of esters is 2. The van der Waals surface area contributed by atoms with Crippen molar-refractivity contribution in [3.8, 4) is 5.75 Å². The van der Waals surface area contributed by atoms with E-state index in [-0.39, 0.29) is 41.5 Å². The number of rotatable bonds is 16. The number of hydrogen-bond donors (Lipinski definition) is 1. The Morgan fingerprint density at radius 1 is 0.854 bits per heavy atom. The molecule has 1 N–H and O–H groups in total. The smallest absolute Gasteiger partial charge is 0.450 e. The molecule has 0 aliphatic carbocycles. The molecule has 0 aliphatic heterocycles. The minimum absolute atomic E-state index is 0.0488. The minimum Gasteiger partial charge on any atom is -0.465 e. The number of carbonyl (C=O) groups excluding carboxylic acids is 2. The van der Waals surface area contributed by atoms with Gasteiger partial charge in [0.05, 0.1) is 31.0 Å². The van der Waals surface area contributed by atoms with Crippen LogP contribution in [0.4, 0.5) is 26.3 Å². The number of nitrogens with one attached hydrogen (secondary N) is 1. The Hall–Kier alpha value is -2.65. The Labute approximate surface area is 231 Å². The van der Waals surface area contributed by atoms with Crippen LogP contribution in [-0.2, 0) is 44.4 Å². The molecule has 0 aromatic heterocycles. The third-order valence-corrected chi connectivity index (χ3v) is 9.29. The van der Waals surface area contributed by atoms with E-state index < -0.39 is 64.3 Å². The zero-order valence-electron chi connectivity index (χ0n) is 21.4. The summed E-state index contributed by atoms with van der Waals surface area (Å²) in [6, 6.07) is 2.48. The highest BCUT2D eigenvalue weighted by Gasteiger charge is 2.83. The van der Waals surface area contributed by atoms with Crippen LogP contribution in [0.25, 0.3) is 0 Å². The van der Waals surface area contributed by atoms with E-state index in [1.54, 1.807) is 13.8 Å². The van der Waals surface area contributed by atoms with Crippen molar-refractivity contribution in [3.05, 3.63) is 29.8 Å². The quantitative estimate of drug-likeness (QED) is 0.119. The molecule has 0 saturated carbocycles. The summed E-state index contributed by atoms with van der Waals surface area (Å²) in [6.45, 7) is 3.40. The first-order valence-electron chi connectivity index (χ1n) is 11.2. The SMILES string of the molecule is CCC(C)C(=O)OCCCCOC(=O)c1ccc(OS(=O)(=O)C(F)(F)C(F)(F)C(F)(F)S(=O)(=O)NS(C)(=O)=O)cc1. The molecule has 41 heavy (non-hydrogen) atoms. The van der Waals surface area contributed by atoms with E-state index in [0.29, 0.717) is 25.0 Å². The van der Waals surface area contributed by atoms with Gasteiger partial charge in [0, 0.05) is 0 Å². The fourth-order valence-corrected chi connectivity index (χ4v) is 5.96. The molecule has 1 rings (SSSR count). The van der Waals surface area contributed by atoms with Crippen molar-refractivity contribution < 1.29 is 74.8 Å². The van der Waals surface area contributed by atoms with Crippen LogP contribution in [0, 0.1) is 5.92 Å². The average molecular weight is 666 g/mol. The van der Waals surface area contributed by atoms with Crippen LogP contribution in [0.3, 0.4) is 0 Å². The number of hydrogen-bond acceptors (Lipinski definition) is 11. The van der Waals surface area contributed by atoms with Gasteiger partial charge in [-0.15, -0.1) is 4.13 Å². The van der Waals surface area contributed by atoms with E-state index in [2.05, 4.69) is 4.18 Å². The maximum absolute atomic E-state index is 14.2. The summed E-state index contributed by atoms with van der Waals surface area (Å²) in [7, 11) is -19.4. The molecule has 1 unspecified atom stereocenters. The number of sulfonamides is 2. The van der Waals surface area contributed by atoms with Gasteiger partial charge in [0.25, 0.3) is 10.0 Å². The van der Waals surface area contributed by atoms with Crippen molar-refractivity contribution in [2.45, 2.75) is 49.5 Å². The first-order chi connectivity index (χ1) is 18.4. The molecule has 0 bridgehead atoms. The number of halogens is 6. The third kappa shape index (κ3) is 8.67. The lowest BCUT2D eigenvalue weighted by Gasteiger charge is -2.30. The summed E-state index contributed by atoms with van der Waals surface area (Å²) in [6.07, 6.45) is 1.11. The van der Waals surface area contributed by atoms with Crippen molar-refractivity contribution >= 4 is 42.1 Å². The van der Waals surface area contributed by atoms with Crippen LogP contribution in [0.15, 0.2) is 24.3 Å². The van der Waals surface area contributed by atoms with Gasteiger partial charge < -0.3 is 13.7 Å². The minimum atomic E-state index is -7.26. The van der Waals surface area contributed by atoms with E-state index >= 15 is 0 Å². The second-order valence-electron chi connectivity index (χ2n) is 8.35. The Kier molecular flexibility index (Phi) is 11.6. The van der Waals surface area contributed by atoms with Gasteiger partial charge in [-0.25, -0.2) is 21.6 Å². The summed E-state index contributed by atoms with van der Waals surface area (Å²) in [5.74, 6) is -10.1. The van der Waals surface area contributed by atoms with Crippen LogP contribution in [-0.4, -0.2) is 73.1 Å². The number of unbranched alkanes of at least 4 members (excludes halogenated alkanes) is 1. The first-order valence-corrected chi connectivity index (χ1v) is 16.0. The molecular weight excluding hydrogens is 640 g/mol. The molecule has 236 valence electrons. The molecule has 0 fully saturated rings. The molecule has 12 nitrogen and oxygen atoms in total. The second kappa shape index (κ2) is 13.1. The summed E-state index contributed by atoms with van der Waals surface area (Å²) in [5, 5.41) is -13.9. The summed E-state index contributed by atoms with van der Waals surface area (Å²) in [5.41, 5.74) is -0.306. The zero-order valence-corrected chi connectivity index (χ0v) is 23.9. The highest BCUT2D eigenvalue weighted by molar-refractivity contribution is 8.05. The van der Waals surface area contributed by atoms with Crippen LogP contribution < -0.4 is 8.31 Å². The lowest BCUT2D eigenvalue weighted by Crippen LogP contribution is -2.63. The number of alkyl halides is 6. The summed E-state index contributed by atoms with van der Waals surface area (Å²) in [4.78, 5) is 23.6. The van der Waals surface area contributed by atoms with Crippen molar-refractivity contribution in [2.75, 3.05) is 19.5 Å². The Morgan fingerprint density at radius 2 is 1.34 bits per heavy atom. The number of carbonyl (C=O) groups is 2. The first kappa shape index (κ1) is 36.4. The molecule has 1 atom stereocenters. The number of ether oxygens (including phenoxy) is 2. The van der Waals surface area contributed by atoms with Crippen molar-refractivity contribution in [2.24, 2.45) is 5.92 Å². The van der Waals surface area contributed by atoms with E-state index in [4.69, 9.17) is 9.47 Å². The largest absolute Gasteiger partial charge is 0.465 e. The molecule has 0 heterocycles. The van der Waals surface area contributed by atoms with E-state index in [1.165, 1.54) is 0 Å². The highest BCUT2D eigenvalue weighted by Crippen LogP contribution is 2.51.